The predicted octanol–water partition coefficient (Wildman–Crippen LogP) is 4.79. The number of anilines is 1. The van der Waals surface area contributed by atoms with E-state index in [1.165, 1.54) is 30.6 Å². The lowest BCUT2D eigenvalue weighted by Gasteiger charge is -2.39. The number of para-hydroxylation sites is 1. The van der Waals surface area contributed by atoms with Crippen molar-refractivity contribution in [1.82, 2.24) is 4.57 Å². The molecule has 3 aliphatic rings. The third-order valence-electron chi connectivity index (χ3n) is 6.90. The van der Waals surface area contributed by atoms with Gasteiger partial charge in [0.25, 0.3) is 0 Å². The molecule has 154 valence electrons. The smallest absolute Gasteiger partial charge is 0.308 e. The van der Waals surface area contributed by atoms with Gasteiger partial charge in [-0.15, -0.1) is 11.8 Å². The lowest BCUT2D eigenvalue weighted by molar-refractivity contribution is -0.116. The molecule has 2 saturated carbocycles. The molecule has 6 rings (SSSR count). The van der Waals surface area contributed by atoms with Crippen LogP contribution in [0, 0.1) is 17.8 Å². The van der Waals surface area contributed by atoms with Crippen molar-refractivity contribution in [2.24, 2.45) is 17.8 Å². The number of thioether (sulfide) groups is 1. The molecule has 4 unspecified atom stereocenters. The summed E-state index contributed by atoms with van der Waals surface area (Å²) in [5, 5.41) is 4.38. The van der Waals surface area contributed by atoms with Crippen LogP contribution in [0.1, 0.15) is 35.8 Å². The summed E-state index contributed by atoms with van der Waals surface area (Å²) >= 11 is 3.13. The molecule has 1 amide bonds. The molecule has 2 aromatic heterocycles. The van der Waals surface area contributed by atoms with Crippen LogP contribution in [-0.4, -0.2) is 15.7 Å². The number of furan rings is 1. The van der Waals surface area contributed by atoms with Gasteiger partial charge in [0.2, 0.25) is 5.91 Å². The number of thiazole rings is 1. The second-order valence-corrected chi connectivity index (χ2v) is 10.7. The average molecular weight is 439 g/mol. The van der Waals surface area contributed by atoms with Gasteiger partial charge in [-0.25, -0.2) is 0 Å². The van der Waals surface area contributed by atoms with Gasteiger partial charge in [0.15, 0.2) is 0 Å². The number of benzene rings is 1. The fraction of sp³-hybridized carbons (Fsp3) is 0.391. The monoisotopic (exact) mass is 438 g/mol. The largest absolute Gasteiger partial charge is 0.469 e. The molecule has 3 heterocycles. The molecule has 5 nitrogen and oxygen atoms in total. The summed E-state index contributed by atoms with van der Waals surface area (Å²) in [6, 6.07) is 13.4. The quantitative estimate of drug-likeness (QED) is 0.636. The molecule has 2 aliphatic carbocycles. The molecule has 2 fully saturated rings. The summed E-state index contributed by atoms with van der Waals surface area (Å²) in [5.74, 6) is 2.86. The molecule has 5 atom stereocenters. The number of hydrogen-bond donors (Lipinski definition) is 1. The molecule has 0 saturated heterocycles. The van der Waals surface area contributed by atoms with E-state index in [-0.39, 0.29) is 23.2 Å². The summed E-state index contributed by atoms with van der Waals surface area (Å²) in [6.07, 6.45) is 5.58. The van der Waals surface area contributed by atoms with Crippen LogP contribution in [-0.2, 0) is 11.3 Å². The highest BCUT2D eigenvalue weighted by molar-refractivity contribution is 8.00. The molecule has 3 aromatic rings. The minimum absolute atomic E-state index is 0.0446. The standard InChI is InChI=1S/C23H22N2O3S2/c26-17(24-15-5-2-1-3-6-15)12-25-22-21(30-23(25)27)19(16-7-4-10-28-16)18-13-8-9-14(11-13)20(18)29-22/h1-7,10,13-14,18-20H,8-9,11-12H2,(H,24,26)/t13?,14?,18?,19-,20?/m0/s1. The van der Waals surface area contributed by atoms with Crippen molar-refractivity contribution in [2.45, 2.75) is 42.0 Å². The Morgan fingerprint density at radius 2 is 1.97 bits per heavy atom. The number of nitrogens with zero attached hydrogens (tertiary/aromatic N) is 1. The Morgan fingerprint density at radius 3 is 2.77 bits per heavy atom. The van der Waals surface area contributed by atoms with Crippen molar-refractivity contribution in [3.05, 3.63) is 69.0 Å². The van der Waals surface area contributed by atoms with E-state index < -0.39 is 0 Å². The Labute approximate surface area is 182 Å². The van der Waals surface area contributed by atoms with Crippen LogP contribution in [0.4, 0.5) is 5.69 Å². The van der Waals surface area contributed by atoms with Gasteiger partial charge in [-0.3, -0.25) is 14.2 Å². The third kappa shape index (κ3) is 2.90. The van der Waals surface area contributed by atoms with Crippen LogP contribution in [0.15, 0.2) is 63.0 Å². The van der Waals surface area contributed by atoms with E-state index in [2.05, 4.69) is 5.32 Å². The van der Waals surface area contributed by atoms with Gasteiger partial charge in [0.05, 0.1) is 22.1 Å². The van der Waals surface area contributed by atoms with Gasteiger partial charge in [-0.2, -0.15) is 0 Å². The molecule has 0 radical (unpaired) electrons. The van der Waals surface area contributed by atoms with E-state index in [4.69, 9.17) is 4.42 Å². The zero-order chi connectivity index (χ0) is 20.2. The number of rotatable bonds is 4. The van der Waals surface area contributed by atoms with E-state index in [1.807, 2.05) is 54.2 Å². The fourth-order valence-corrected chi connectivity index (χ4v) is 8.87. The highest BCUT2D eigenvalue weighted by Gasteiger charge is 2.55. The van der Waals surface area contributed by atoms with Crippen molar-refractivity contribution >= 4 is 34.7 Å². The predicted molar refractivity (Wildman–Crippen MR) is 118 cm³/mol. The van der Waals surface area contributed by atoms with Gasteiger partial charge in [0, 0.05) is 10.9 Å². The molecule has 1 N–H and O–H groups in total. The highest BCUT2D eigenvalue weighted by Crippen LogP contribution is 2.64. The number of amides is 1. The zero-order valence-corrected chi connectivity index (χ0v) is 18.0. The van der Waals surface area contributed by atoms with Gasteiger partial charge in [0.1, 0.15) is 12.3 Å². The van der Waals surface area contributed by atoms with Gasteiger partial charge in [-0.1, -0.05) is 29.5 Å². The first-order valence-electron chi connectivity index (χ1n) is 10.5. The third-order valence-corrected chi connectivity index (χ3v) is 9.73. The first-order valence-corrected chi connectivity index (χ1v) is 12.2. The normalized spacial score (nSPS) is 28.9. The highest BCUT2D eigenvalue weighted by atomic mass is 32.2. The number of fused-ring (bicyclic) bond motifs is 6. The Balaban J connectivity index is 1.37. The van der Waals surface area contributed by atoms with Crippen LogP contribution in [0.2, 0.25) is 0 Å². The van der Waals surface area contributed by atoms with Gasteiger partial charge >= 0.3 is 4.87 Å². The van der Waals surface area contributed by atoms with Crippen LogP contribution >= 0.6 is 23.1 Å². The van der Waals surface area contributed by atoms with E-state index in [0.717, 1.165) is 21.4 Å². The Hall–Kier alpha value is -2.25. The number of hydrogen-bond acceptors (Lipinski definition) is 5. The number of carbonyl (C=O) groups excluding carboxylic acids is 1. The lowest BCUT2D eigenvalue weighted by Crippen LogP contribution is -2.34. The van der Waals surface area contributed by atoms with Crippen molar-refractivity contribution in [3.63, 3.8) is 0 Å². The van der Waals surface area contributed by atoms with Crippen LogP contribution in [0.5, 0.6) is 0 Å². The first-order chi connectivity index (χ1) is 14.7. The first kappa shape index (κ1) is 18.5. The maximum Gasteiger partial charge on any atom is 0.308 e. The van der Waals surface area contributed by atoms with Gasteiger partial charge < -0.3 is 9.73 Å². The molecule has 7 heteroatoms. The van der Waals surface area contributed by atoms with Gasteiger partial charge in [-0.05, 0) is 61.3 Å². The second-order valence-electron chi connectivity index (χ2n) is 8.52. The maximum atomic E-state index is 13.0. The number of aromatic nitrogens is 1. The topological polar surface area (TPSA) is 64.2 Å². The minimum atomic E-state index is -0.172. The summed E-state index contributed by atoms with van der Waals surface area (Å²) < 4.78 is 7.54. The SMILES string of the molecule is O=C(Cn1c2c(sc1=O)[C@@H](c1ccco1)C1C3CCC(C3)C1S2)Nc1ccccc1. The summed E-state index contributed by atoms with van der Waals surface area (Å²) in [7, 11) is 0. The van der Waals surface area contributed by atoms with Crippen molar-refractivity contribution in [3.8, 4) is 0 Å². The summed E-state index contributed by atoms with van der Waals surface area (Å²) in [4.78, 5) is 26.7. The molecule has 1 aliphatic heterocycles. The number of nitrogens with one attached hydrogen (secondary N) is 1. The average Bonchev–Trinajstić information content (AvgIpc) is 3.53. The molecule has 1 aromatic carbocycles. The van der Waals surface area contributed by atoms with E-state index in [0.29, 0.717) is 23.0 Å². The molecular formula is C23H22N2O3S2. The molecule has 2 bridgehead atoms. The van der Waals surface area contributed by atoms with Crippen LogP contribution < -0.4 is 10.2 Å². The van der Waals surface area contributed by atoms with E-state index in [1.54, 1.807) is 10.8 Å². The molecular weight excluding hydrogens is 416 g/mol. The Kier molecular flexibility index (Phi) is 4.42. The van der Waals surface area contributed by atoms with Crippen molar-refractivity contribution < 1.29 is 9.21 Å². The zero-order valence-electron chi connectivity index (χ0n) is 16.3. The lowest BCUT2D eigenvalue weighted by atomic mass is 9.77. The van der Waals surface area contributed by atoms with Crippen molar-refractivity contribution in [1.29, 1.82) is 0 Å². The van der Waals surface area contributed by atoms with Crippen LogP contribution in [0.3, 0.4) is 0 Å². The van der Waals surface area contributed by atoms with Crippen molar-refractivity contribution in [2.75, 3.05) is 5.32 Å². The summed E-state index contributed by atoms with van der Waals surface area (Å²) in [6.45, 7) is 0.0446. The van der Waals surface area contributed by atoms with E-state index in [9.17, 15) is 9.59 Å². The maximum absolute atomic E-state index is 13.0. The van der Waals surface area contributed by atoms with E-state index >= 15 is 0 Å². The number of carbonyl (C=O) groups is 1. The summed E-state index contributed by atoms with van der Waals surface area (Å²) in [5.41, 5.74) is 0.744. The molecule has 0 spiro atoms. The Bertz CT molecular complexity index is 1140. The molecule has 30 heavy (non-hydrogen) atoms. The fourth-order valence-electron chi connectivity index (χ4n) is 5.74. The second kappa shape index (κ2) is 7.17. The Morgan fingerprint density at radius 1 is 1.13 bits per heavy atom. The van der Waals surface area contributed by atoms with Crippen LogP contribution in [0.25, 0.3) is 0 Å². The minimum Gasteiger partial charge on any atom is -0.469 e.